The van der Waals surface area contributed by atoms with Crippen molar-refractivity contribution in [1.29, 1.82) is 0 Å². The third-order valence-electron chi connectivity index (χ3n) is 4.62. The van der Waals surface area contributed by atoms with Crippen molar-refractivity contribution in [2.24, 2.45) is 0 Å². The lowest BCUT2D eigenvalue weighted by Crippen LogP contribution is -3.17. The molecule has 0 radical (unpaired) electrons. The van der Waals surface area contributed by atoms with Gasteiger partial charge in [-0.3, -0.25) is 0 Å². The molecule has 0 aromatic heterocycles. The van der Waals surface area contributed by atoms with Gasteiger partial charge in [0.15, 0.2) is 11.5 Å². The highest BCUT2D eigenvalue weighted by Crippen LogP contribution is 2.28. The number of quaternary nitrogens is 1. The number of rotatable bonds is 8. The number of ether oxygens (including phenoxy) is 2. The van der Waals surface area contributed by atoms with Gasteiger partial charge in [0.1, 0.15) is 19.3 Å². The Bertz CT molecular complexity index is 503. The lowest BCUT2D eigenvalue weighted by atomic mass is 10.0. The normalized spacial score (nSPS) is 22.4. The Labute approximate surface area is 139 Å². The average Bonchev–Trinajstić information content (AvgIpc) is 2.56. The molecule has 2 N–H and O–H groups in total. The van der Waals surface area contributed by atoms with Crippen LogP contribution in [0.15, 0.2) is 30.9 Å². The van der Waals surface area contributed by atoms with Gasteiger partial charge in [0.2, 0.25) is 0 Å². The fourth-order valence-corrected chi connectivity index (χ4v) is 3.23. The summed E-state index contributed by atoms with van der Waals surface area (Å²) in [5.41, 5.74) is 1.14. The summed E-state index contributed by atoms with van der Waals surface area (Å²) in [5, 5.41) is 10.3. The molecule has 3 atom stereocenters. The molecule has 1 heterocycles. The van der Waals surface area contributed by atoms with E-state index in [2.05, 4.69) is 13.5 Å². The second-order valence-electron chi connectivity index (χ2n) is 6.45. The topological polar surface area (TPSA) is 43.1 Å². The Morgan fingerprint density at radius 2 is 2.22 bits per heavy atom. The molecule has 0 bridgehead atoms. The third-order valence-corrected chi connectivity index (χ3v) is 4.62. The number of allylic oxidation sites excluding steroid dienone is 1. The smallest absolute Gasteiger partial charge is 0.161 e. The van der Waals surface area contributed by atoms with E-state index in [-0.39, 0.29) is 0 Å². The van der Waals surface area contributed by atoms with Crippen molar-refractivity contribution in [2.75, 3.05) is 26.8 Å². The molecule has 23 heavy (non-hydrogen) atoms. The van der Waals surface area contributed by atoms with E-state index in [9.17, 15) is 5.11 Å². The zero-order valence-electron chi connectivity index (χ0n) is 14.4. The second kappa shape index (κ2) is 8.94. The van der Waals surface area contributed by atoms with Gasteiger partial charge in [-0.15, -0.1) is 6.58 Å². The van der Waals surface area contributed by atoms with Gasteiger partial charge in [0.25, 0.3) is 0 Å². The number of methoxy groups -OCH3 is 1. The monoisotopic (exact) mass is 320 g/mol. The first-order valence-corrected chi connectivity index (χ1v) is 8.57. The van der Waals surface area contributed by atoms with Gasteiger partial charge >= 0.3 is 0 Å². The number of likely N-dealkylation sites (tertiary alicyclic amines) is 1. The highest BCUT2D eigenvalue weighted by molar-refractivity contribution is 5.43. The molecule has 1 saturated heterocycles. The molecule has 1 aromatic rings. The van der Waals surface area contributed by atoms with Gasteiger partial charge in [-0.2, -0.15) is 0 Å². The summed E-state index contributed by atoms with van der Waals surface area (Å²) in [4.78, 5) is 1.49. The van der Waals surface area contributed by atoms with E-state index in [0.29, 0.717) is 24.1 Å². The maximum atomic E-state index is 10.3. The van der Waals surface area contributed by atoms with Crippen LogP contribution in [0.5, 0.6) is 11.5 Å². The minimum absolute atomic E-state index is 0.299. The first-order valence-electron chi connectivity index (χ1n) is 8.57. The summed E-state index contributed by atoms with van der Waals surface area (Å²) in [5.74, 6) is 1.39. The minimum atomic E-state index is -0.455. The predicted molar refractivity (Wildman–Crippen MR) is 92.4 cm³/mol. The maximum Gasteiger partial charge on any atom is 0.161 e. The SMILES string of the molecule is C=CCc1ccc(OC[C@H](O)C[NH+]2CCCC[C@@H]2C)c(OC)c1. The Morgan fingerprint density at radius 1 is 1.39 bits per heavy atom. The molecular formula is C19H30NO3+. The van der Waals surface area contributed by atoms with E-state index < -0.39 is 6.10 Å². The number of aliphatic hydroxyl groups is 1. The molecule has 128 valence electrons. The summed E-state index contributed by atoms with van der Waals surface area (Å²) in [7, 11) is 1.63. The van der Waals surface area contributed by atoms with Crippen LogP contribution in [0.3, 0.4) is 0 Å². The van der Waals surface area contributed by atoms with Crippen LogP contribution in [-0.4, -0.2) is 44.1 Å². The molecule has 0 saturated carbocycles. The molecule has 1 fully saturated rings. The lowest BCUT2D eigenvalue weighted by molar-refractivity contribution is -0.931. The van der Waals surface area contributed by atoms with Crippen LogP contribution in [0.25, 0.3) is 0 Å². The number of aliphatic hydroxyl groups excluding tert-OH is 1. The van der Waals surface area contributed by atoms with Gasteiger partial charge in [0, 0.05) is 0 Å². The van der Waals surface area contributed by atoms with E-state index in [4.69, 9.17) is 9.47 Å². The van der Waals surface area contributed by atoms with Crippen molar-refractivity contribution in [3.05, 3.63) is 36.4 Å². The molecular weight excluding hydrogens is 290 g/mol. The van der Waals surface area contributed by atoms with Crippen molar-refractivity contribution >= 4 is 0 Å². The molecule has 1 aliphatic heterocycles. The van der Waals surface area contributed by atoms with E-state index >= 15 is 0 Å². The van der Waals surface area contributed by atoms with Crippen molar-refractivity contribution in [2.45, 2.75) is 44.8 Å². The molecule has 1 aromatic carbocycles. The summed E-state index contributed by atoms with van der Waals surface area (Å²) < 4.78 is 11.2. The second-order valence-corrected chi connectivity index (χ2v) is 6.45. The van der Waals surface area contributed by atoms with E-state index in [1.807, 2.05) is 24.3 Å². The van der Waals surface area contributed by atoms with Gasteiger partial charge in [-0.25, -0.2) is 0 Å². The highest BCUT2D eigenvalue weighted by atomic mass is 16.5. The molecule has 4 heteroatoms. The van der Waals surface area contributed by atoms with Crippen LogP contribution >= 0.6 is 0 Å². The van der Waals surface area contributed by atoms with Crippen molar-refractivity contribution in [3.8, 4) is 11.5 Å². The Morgan fingerprint density at radius 3 is 2.91 bits per heavy atom. The maximum absolute atomic E-state index is 10.3. The standard InChI is InChI=1S/C19H29NO3/c1-4-7-16-9-10-18(19(12-16)22-3)23-14-17(21)13-20-11-6-5-8-15(20)2/h4,9-10,12,15,17,21H,1,5-8,11,13-14H2,2-3H3/p+1/t15-,17+/m0/s1. The number of hydrogen-bond acceptors (Lipinski definition) is 3. The van der Waals surface area contributed by atoms with Gasteiger partial charge in [-0.1, -0.05) is 12.1 Å². The number of piperidine rings is 1. The van der Waals surface area contributed by atoms with E-state index in [1.54, 1.807) is 7.11 Å². The molecule has 0 spiro atoms. The van der Waals surface area contributed by atoms with Crippen molar-refractivity contribution < 1.29 is 19.5 Å². The molecule has 0 aliphatic carbocycles. The van der Waals surface area contributed by atoms with Crippen LogP contribution in [0.1, 0.15) is 31.7 Å². The minimum Gasteiger partial charge on any atom is -0.493 e. The fourth-order valence-electron chi connectivity index (χ4n) is 3.23. The summed E-state index contributed by atoms with van der Waals surface area (Å²) in [6, 6.07) is 6.50. The van der Waals surface area contributed by atoms with Crippen LogP contribution in [0, 0.1) is 0 Å². The lowest BCUT2D eigenvalue weighted by Gasteiger charge is -2.31. The van der Waals surface area contributed by atoms with E-state index in [1.165, 1.54) is 24.2 Å². The third kappa shape index (κ3) is 5.26. The predicted octanol–water partition coefficient (Wildman–Crippen LogP) is 1.62. The van der Waals surface area contributed by atoms with Crippen LogP contribution in [-0.2, 0) is 6.42 Å². The Hall–Kier alpha value is -1.52. The summed E-state index contributed by atoms with van der Waals surface area (Å²) >= 11 is 0. The zero-order chi connectivity index (χ0) is 16.7. The largest absolute Gasteiger partial charge is 0.493 e. The van der Waals surface area contributed by atoms with Gasteiger partial charge in [-0.05, 0) is 50.3 Å². The molecule has 1 aliphatic rings. The fraction of sp³-hybridized carbons (Fsp3) is 0.579. The Kier molecular flexibility index (Phi) is 6.93. The number of hydrogen-bond donors (Lipinski definition) is 2. The first-order chi connectivity index (χ1) is 11.1. The van der Waals surface area contributed by atoms with Crippen molar-refractivity contribution in [3.63, 3.8) is 0 Å². The summed E-state index contributed by atoms with van der Waals surface area (Å²) in [6.45, 7) is 8.21. The molecule has 0 amide bonds. The first kappa shape index (κ1) is 17.8. The van der Waals surface area contributed by atoms with Gasteiger partial charge in [0.05, 0.1) is 19.7 Å². The molecule has 2 rings (SSSR count). The summed E-state index contributed by atoms with van der Waals surface area (Å²) in [6.07, 6.45) is 6.03. The Balaban J connectivity index is 1.87. The zero-order valence-corrected chi connectivity index (χ0v) is 14.4. The van der Waals surface area contributed by atoms with Crippen LogP contribution in [0.4, 0.5) is 0 Å². The van der Waals surface area contributed by atoms with Crippen LogP contribution < -0.4 is 14.4 Å². The highest BCUT2D eigenvalue weighted by Gasteiger charge is 2.24. The van der Waals surface area contributed by atoms with Crippen molar-refractivity contribution in [1.82, 2.24) is 0 Å². The van der Waals surface area contributed by atoms with E-state index in [0.717, 1.165) is 25.1 Å². The molecule has 4 nitrogen and oxygen atoms in total. The van der Waals surface area contributed by atoms with Crippen LogP contribution in [0.2, 0.25) is 0 Å². The van der Waals surface area contributed by atoms with Gasteiger partial charge < -0.3 is 19.5 Å². The molecule has 1 unspecified atom stereocenters. The quantitative estimate of drug-likeness (QED) is 0.716. The average molecular weight is 320 g/mol. The number of nitrogens with one attached hydrogen (secondary N) is 1. The number of benzene rings is 1.